The average Bonchev–Trinajstić information content (AvgIpc) is 2.54. The molecule has 4 heteroatoms. The number of hydrogen-bond acceptors (Lipinski definition) is 3. The zero-order valence-corrected chi connectivity index (χ0v) is 13.3. The van der Waals surface area contributed by atoms with E-state index in [4.69, 9.17) is 21.6 Å². The van der Waals surface area contributed by atoms with Gasteiger partial charge < -0.3 is 4.74 Å². The fourth-order valence-electron chi connectivity index (χ4n) is 2.95. The summed E-state index contributed by atoms with van der Waals surface area (Å²) in [5.41, 5.74) is 1.65. The summed E-state index contributed by atoms with van der Waals surface area (Å²) < 4.78 is 5.54. The van der Waals surface area contributed by atoms with E-state index in [0.29, 0.717) is 10.6 Å². The molecule has 1 fully saturated rings. The van der Waals surface area contributed by atoms with Gasteiger partial charge in [-0.3, -0.25) is 4.79 Å². The molecule has 0 spiro atoms. The average molecular weight is 326 g/mol. The molecule has 0 bridgehead atoms. The fraction of sp³-hybridized carbons (Fsp3) is 0.263. The van der Waals surface area contributed by atoms with Crippen LogP contribution in [0.4, 0.5) is 0 Å². The predicted octanol–water partition coefficient (Wildman–Crippen LogP) is 4.38. The Balaban J connectivity index is 1.76. The van der Waals surface area contributed by atoms with Crippen molar-refractivity contribution in [3.63, 3.8) is 0 Å². The second-order valence-electron chi connectivity index (χ2n) is 5.79. The highest BCUT2D eigenvalue weighted by Gasteiger charge is 2.47. The molecule has 23 heavy (non-hydrogen) atoms. The Hall–Kier alpha value is -2.31. The zero-order valence-electron chi connectivity index (χ0n) is 12.6. The maximum absolute atomic E-state index is 12.7. The third-order valence-corrected chi connectivity index (χ3v) is 4.74. The first-order valence-corrected chi connectivity index (χ1v) is 7.95. The fourth-order valence-corrected chi connectivity index (χ4v) is 3.07. The summed E-state index contributed by atoms with van der Waals surface area (Å²) in [6.45, 7) is 0.123. The number of nitrogens with zero attached hydrogens (tertiary/aromatic N) is 1. The van der Waals surface area contributed by atoms with E-state index in [1.165, 1.54) is 0 Å². The molecule has 0 saturated heterocycles. The Morgan fingerprint density at radius 3 is 2.48 bits per heavy atom. The van der Waals surface area contributed by atoms with Crippen molar-refractivity contribution >= 4 is 17.6 Å². The van der Waals surface area contributed by atoms with Crippen LogP contribution in [0.25, 0.3) is 0 Å². The van der Waals surface area contributed by atoms with Gasteiger partial charge in [0.1, 0.15) is 6.61 Å². The number of rotatable bonds is 4. The number of ether oxygens (including phenoxy) is 1. The van der Waals surface area contributed by atoms with Gasteiger partial charge in [-0.25, -0.2) is 0 Å². The summed E-state index contributed by atoms with van der Waals surface area (Å²) in [4.78, 5) is 12.7. The van der Waals surface area contributed by atoms with Crippen molar-refractivity contribution in [2.45, 2.75) is 31.3 Å². The lowest BCUT2D eigenvalue weighted by molar-refractivity contribution is -0.155. The number of benzene rings is 2. The number of esters is 1. The Kier molecular flexibility index (Phi) is 4.36. The normalized spacial score (nSPS) is 15.3. The van der Waals surface area contributed by atoms with Gasteiger partial charge in [0.25, 0.3) is 0 Å². The van der Waals surface area contributed by atoms with Gasteiger partial charge in [0.05, 0.1) is 17.0 Å². The van der Waals surface area contributed by atoms with E-state index < -0.39 is 5.41 Å². The van der Waals surface area contributed by atoms with Crippen LogP contribution in [0.2, 0.25) is 5.02 Å². The quantitative estimate of drug-likeness (QED) is 0.784. The second-order valence-corrected chi connectivity index (χ2v) is 6.22. The summed E-state index contributed by atoms with van der Waals surface area (Å²) in [5.74, 6) is -0.223. The molecule has 0 aliphatic heterocycles. The highest BCUT2D eigenvalue weighted by Crippen LogP contribution is 2.45. The van der Waals surface area contributed by atoms with Gasteiger partial charge in [-0.2, -0.15) is 5.26 Å². The monoisotopic (exact) mass is 325 g/mol. The van der Waals surface area contributed by atoms with Crippen LogP contribution in [0.15, 0.2) is 48.5 Å². The van der Waals surface area contributed by atoms with E-state index in [1.807, 2.05) is 24.3 Å². The lowest BCUT2D eigenvalue weighted by Gasteiger charge is -2.39. The smallest absolute Gasteiger partial charge is 0.316 e. The van der Waals surface area contributed by atoms with Crippen molar-refractivity contribution < 1.29 is 9.53 Å². The van der Waals surface area contributed by atoms with Crippen LogP contribution < -0.4 is 0 Å². The minimum Gasteiger partial charge on any atom is -0.460 e. The molecular formula is C19H16ClNO2. The van der Waals surface area contributed by atoms with Crippen molar-refractivity contribution in [3.8, 4) is 6.07 Å². The van der Waals surface area contributed by atoms with Gasteiger partial charge in [-0.15, -0.1) is 0 Å². The molecule has 3 rings (SSSR count). The molecule has 2 aromatic carbocycles. The molecule has 116 valence electrons. The van der Waals surface area contributed by atoms with Crippen LogP contribution in [0.5, 0.6) is 0 Å². The Bertz CT molecular complexity index is 758. The summed E-state index contributed by atoms with van der Waals surface area (Å²) in [5, 5.41) is 9.75. The minimum absolute atomic E-state index is 0.123. The molecule has 0 amide bonds. The number of carbonyl (C=O) groups is 1. The molecule has 0 radical (unpaired) electrons. The van der Waals surface area contributed by atoms with E-state index >= 15 is 0 Å². The molecule has 2 aromatic rings. The number of carbonyl (C=O) groups excluding carboxylic acids is 1. The second kappa shape index (κ2) is 6.44. The van der Waals surface area contributed by atoms with Crippen molar-refractivity contribution in [1.82, 2.24) is 0 Å². The van der Waals surface area contributed by atoms with Gasteiger partial charge in [0.15, 0.2) is 0 Å². The molecule has 3 nitrogen and oxygen atoms in total. The molecule has 1 aliphatic carbocycles. The number of nitriles is 1. The van der Waals surface area contributed by atoms with Crippen LogP contribution in [0.1, 0.15) is 36.0 Å². The molecule has 0 unspecified atom stereocenters. The standard InChI is InChI=1S/C19H16ClNO2/c20-17-8-6-16(7-9-17)19(10-3-11-19)18(22)23-13-15-5-2-1-4-14(15)12-21/h1-2,4-9H,3,10-11,13H2. The van der Waals surface area contributed by atoms with Crippen LogP contribution in [0, 0.1) is 11.3 Å². The van der Waals surface area contributed by atoms with Crippen LogP contribution >= 0.6 is 11.6 Å². The topological polar surface area (TPSA) is 50.1 Å². The first kappa shape index (κ1) is 15.6. The van der Waals surface area contributed by atoms with Gasteiger partial charge >= 0.3 is 5.97 Å². The molecule has 0 aromatic heterocycles. The van der Waals surface area contributed by atoms with Gasteiger partial charge in [-0.05, 0) is 36.6 Å². The predicted molar refractivity (Wildman–Crippen MR) is 87.9 cm³/mol. The number of hydrogen-bond donors (Lipinski definition) is 0. The van der Waals surface area contributed by atoms with E-state index in [0.717, 1.165) is 30.4 Å². The van der Waals surface area contributed by atoms with E-state index in [-0.39, 0.29) is 12.6 Å². The summed E-state index contributed by atoms with van der Waals surface area (Å²) in [6, 6.07) is 16.7. The third-order valence-electron chi connectivity index (χ3n) is 4.49. The van der Waals surface area contributed by atoms with Gasteiger partial charge in [0.2, 0.25) is 0 Å². The van der Waals surface area contributed by atoms with Crippen molar-refractivity contribution in [2.75, 3.05) is 0 Å². The maximum atomic E-state index is 12.7. The molecule has 0 N–H and O–H groups in total. The zero-order chi connectivity index (χ0) is 16.3. The van der Waals surface area contributed by atoms with E-state index in [1.54, 1.807) is 24.3 Å². The Morgan fingerprint density at radius 1 is 1.17 bits per heavy atom. The summed E-state index contributed by atoms with van der Waals surface area (Å²) >= 11 is 5.93. The summed E-state index contributed by atoms with van der Waals surface area (Å²) in [7, 11) is 0. The SMILES string of the molecule is N#Cc1ccccc1COC(=O)C1(c2ccc(Cl)cc2)CCC1. The molecule has 0 atom stereocenters. The van der Waals surface area contributed by atoms with E-state index in [2.05, 4.69) is 6.07 Å². The maximum Gasteiger partial charge on any atom is 0.316 e. The first-order valence-electron chi connectivity index (χ1n) is 7.57. The van der Waals surface area contributed by atoms with Crippen LogP contribution in [-0.4, -0.2) is 5.97 Å². The molecule has 1 aliphatic rings. The Labute approximate surface area is 140 Å². The lowest BCUT2D eigenvalue weighted by Crippen LogP contribution is -2.43. The summed E-state index contributed by atoms with van der Waals surface area (Å²) in [6.07, 6.45) is 2.58. The number of halogens is 1. The molecular weight excluding hydrogens is 310 g/mol. The molecule has 1 saturated carbocycles. The lowest BCUT2D eigenvalue weighted by atomic mass is 9.64. The highest BCUT2D eigenvalue weighted by atomic mass is 35.5. The highest BCUT2D eigenvalue weighted by molar-refractivity contribution is 6.30. The minimum atomic E-state index is -0.563. The van der Waals surface area contributed by atoms with Crippen LogP contribution in [-0.2, 0) is 21.6 Å². The molecule has 0 heterocycles. The van der Waals surface area contributed by atoms with Crippen molar-refractivity contribution in [1.29, 1.82) is 5.26 Å². The van der Waals surface area contributed by atoms with E-state index in [9.17, 15) is 4.79 Å². The Morgan fingerprint density at radius 2 is 1.87 bits per heavy atom. The first-order chi connectivity index (χ1) is 11.2. The largest absolute Gasteiger partial charge is 0.460 e. The van der Waals surface area contributed by atoms with Gasteiger partial charge in [0, 0.05) is 10.6 Å². The van der Waals surface area contributed by atoms with Crippen molar-refractivity contribution in [3.05, 3.63) is 70.2 Å². The third kappa shape index (κ3) is 2.95. The van der Waals surface area contributed by atoms with Crippen LogP contribution in [0.3, 0.4) is 0 Å². The van der Waals surface area contributed by atoms with Gasteiger partial charge in [-0.1, -0.05) is 48.4 Å². The van der Waals surface area contributed by atoms with Crippen molar-refractivity contribution in [2.24, 2.45) is 0 Å².